The van der Waals surface area contributed by atoms with E-state index in [2.05, 4.69) is 6.07 Å². The van der Waals surface area contributed by atoms with E-state index in [1.54, 1.807) is 32.9 Å². The second-order valence-electron chi connectivity index (χ2n) is 8.05. The van der Waals surface area contributed by atoms with Gasteiger partial charge in [-0.05, 0) is 37.1 Å². The molecular formula is C24H24N2O3S. The van der Waals surface area contributed by atoms with Crippen molar-refractivity contribution >= 4 is 28.8 Å². The molecule has 30 heavy (non-hydrogen) atoms. The first-order valence-corrected chi connectivity index (χ1v) is 10.6. The Morgan fingerprint density at radius 1 is 1.23 bits per heavy atom. The summed E-state index contributed by atoms with van der Waals surface area (Å²) in [5.74, 6) is 0.991. The molecule has 3 rings (SSSR count). The third kappa shape index (κ3) is 4.07. The molecule has 0 N–H and O–H groups in total. The van der Waals surface area contributed by atoms with Crippen LogP contribution in [0.2, 0.25) is 0 Å². The van der Waals surface area contributed by atoms with E-state index in [4.69, 9.17) is 4.42 Å². The number of nitrogens with zero attached hydrogens (tertiary/aromatic N) is 2. The van der Waals surface area contributed by atoms with Crippen molar-refractivity contribution in [1.29, 1.82) is 5.26 Å². The molecule has 0 bridgehead atoms. The van der Waals surface area contributed by atoms with Crippen LogP contribution >= 0.6 is 11.3 Å². The van der Waals surface area contributed by atoms with Crippen LogP contribution in [0.4, 0.5) is 0 Å². The van der Waals surface area contributed by atoms with Crippen LogP contribution in [0, 0.1) is 23.7 Å². The molecule has 0 aliphatic heterocycles. The zero-order valence-electron chi connectivity index (χ0n) is 17.8. The number of ketones is 1. The molecule has 5 nitrogen and oxygen atoms in total. The van der Waals surface area contributed by atoms with Crippen molar-refractivity contribution < 1.29 is 9.21 Å². The molecule has 0 fully saturated rings. The highest BCUT2D eigenvalue weighted by Crippen LogP contribution is 2.20. The van der Waals surface area contributed by atoms with E-state index in [0.717, 1.165) is 22.7 Å². The van der Waals surface area contributed by atoms with Crippen LogP contribution in [0.25, 0.3) is 17.3 Å². The summed E-state index contributed by atoms with van der Waals surface area (Å²) in [4.78, 5) is 26.4. The molecule has 0 unspecified atom stereocenters. The van der Waals surface area contributed by atoms with Gasteiger partial charge in [-0.2, -0.15) is 5.26 Å². The number of benzene rings is 1. The summed E-state index contributed by atoms with van der Waals surface area (Å²) in [6, 6.07) is 13.2. The molecule has 0 aliphatic rings. The zero-order chi connectivity index (χ0) is 22.1. The molecule has 154 valence electrons. The average molecular weight is 421 g/mol. The maximum atomic E-state index is 13.4. The highest BCUT2D eigenvalue weighted by Gasteiger charge is 2.27. The molecule has 2 aromatic heterocycles. The van der Waals surface area contributed by atoms with Crippen molar-refractivity contribution in [1.82, 2.24) is 4.57 Å². The van der Waals surface area contributed by atoms with E-state index >= 15 is 0 Å². The van der Waals surface area contributed by atoms with Gasteiger partial charge in [0.25, 0.3) is 5.56 Å². The molecular weight excluding hydrogens is 396 g/mol. The van der Waals surface area contributed by atoms with Gasteiger partial charge < -0.3 is 4.42 Å². The Bertz CT molecular complexity index is 1320. The number of Topliss-reactive ketones (excluding diaryl/α,β-unsaturated/α-hetero) is 1. The van der Waals surface area contributed by atoms with E-state index in [-0.39, 0.29) is 16.9 Å². The third-order valence-electron chi connectivity index (χ3n) is 4.71. The molecule has 0 saturated heterocycles. The molecule has 0 radical (unpaired) electrons. The molecule has 0 amide bonds. The van der Waals surface area contributed by atoms with E-state index < -0.39 is 5.41 Å². The predicted molar refractivity (Wildman–Crippen MR) is 119 cm³/mol. The van der Waals surface area contributed by atoms with Crippen LogP contribution in [0.15, 0.2) is 45.6 Å². The lowest BCUT2D eigenvalue weighted by atomic mass is 9.87. The van der Waals surface area contributed by atoms with Gasteiger partial charge in [0.2, 0.25) is 0 Å². The summed E-state index contributed by atoms with van der Waals surface area (Å²) >= 11 is 1.14. The van der Waals surface area contributed by atoms with Crippen LogP contribution in [0.5, 0.6) is 0 Å². The van der Waals surface area contributed by atoms with Crippen LogP contribution in [0.3, 0.4) is 0 Å². The number of para-hydroxylation sites is 1. The van der Waals surface area contributed by atoms with Gasteiger partial charge in [0.1, 0.15) is 27.8 Å². The van der Waals surface area contributed by atoms with E-state index in [1.807, 2.05) is 44.2 Å². The van der Waals surface area contributed by atoms with Crippen molar-refractivity contribution in [2.45, 2.75) is 41.0 Å². The minimum absolute atomic E-state index is 0.00854. The van der Waals surface area contributed by atoms with Crippen LogP contribution in [-0.2, 0) is 11.2 Å². The largest absolute Gasteiger partial charge is 0.462 e. The number of hydrogen-bond donors (Lipinski definition) is 0. The van der Waals surface area contributed by atoms with Gasteiger partial charge in [0.05, 0.1) is 10.2 Å². The standard InChI is InChI=1S/C24H24N2O3S/c1-6-16-9-7-8-10-19(16)26-22(28)20(13-17-12-11-15(2)29-17)30-23(26)18(14-25)21(27)24(3,4)5/h7-13H,6H2,1-5H3/b20-13+,23-18-. The molecule has 0 atom stereocenters. The van der Waals surface area contributed by atoms with Crippen LogP contribution in [-0.4, -0.2) is 10.4 Å². The van der Waals surface area contributed by atoms with Crippen molar-refractivity contribution in [2.75, 3.05) is 0 Å². The SMILES string of the molecule is CCc1ccccc1-n1c(=O)/c(=C\c2ccc(C)o2)s/c1=C(/C#N)C(=O)C(C)(C)C. The summed E-state index contributed by atoms with van der Waals surface area (Å²) in [5.41, 5.74) is 0.605. The van der Waals surface area contributed by atoms with Crippen molar-refractivity contribution in [3.63, 3.8) is 0 Å². The van der Waals surface area contributed by atoms with Gasteiger partial charge in [-0.15, -0.1) is 11.3 Å². The Hall–Kier alpha value is -3.17. The number of aromatic nitrogens is 1. The Morgan fingerprint density at radius 2 is 1.93 bits per heavy atom. The molecule has 0 saturated carbocycles. The average Bonchev–Trinajstić information content (AvgIpc) is 3.25. The lowest BCUT2D eigenvalue weighted by Crippen LogP contribution is -2.33. The Kier molecular flexibility index (Phi) is 5.95. The number of furan rings is 1. The number of carbonyl (C=O) groups is 1. The number of thiazole rings is 1. The van der Waals surface area contributed by atoms with Crippen LogP contribution in [0.1, 0.15) is 44.8 Å². The van der Waals surface area contributed by atoms with Gasteiger partial charge in [-0.25, -0.2) is 0 Å². The van der Waals surface area contributed by atoms with Gasteiger partial charge in [0, 0.05) is 11.5 Å². The fraction of sp³-hybridized carbons (Fsp3) is 0.292. The third-order valence-corrected chi connectivity index (χ3v) is 5.80. The molecule has 1 aromatic carbocycles. The van der Waals surface area contributed by atoms with Crippen molar-refractivity contribution in [2.24, 2.45) is 5.41 Å². The summed E-state index contributed by atoms with van der Waals surface area (Å²) in [6.07, 6.45) is 2.37. The summed E-state index contributed by atoms with van der Waals surface area (Å²) in [7, 11) is 0. The monoisotopic (exact) mass is 420 g/mol. The summed E-state index contributed by atoms with van der Waals surface area (Å²) in [5, 5.41) is 9.86. The predicted octanol–water partition coefficient (Wildman–Crippen LogP) is 3.48. The lowest BCUT2D eigenvalue weighted by Gasteiger charge is -2.16. The van der Waals surface area contributed by atoms with Gasteiger partial charge >= 0.3 is 0 Å². The summed E-state index contributed by atoms with van der Waals surface area (Å²) < 4.78 is 7.84. The quantitative estimate of drug-likeness (QED) is 0.648. The smallest absolute Gasteiger partial charge is 0.273 e. The van der Waals surface area contributed by atoms with E-state index in [1.165, 1.54) is 4.57 Å². The van der Waals surface area contributed by atoms with Gasteiger partial charge in [0.15, 0.2) is 5.78 Å². The number of rotatable bonds is 4. The fourth-order valence-corrected chi connectivity index (χ4v) is 4.20. The van der Waals surface area contributed by atoms with E-state index in [0.29, 0.717) is 27.1 Å². The second kappa shape index (κ2) is 8.29. The number of aryl methyl sites for hydroxylation is 2. The first-order chi connectivity index (χ1) is 14.2. The maximum Gasteiger partial charge on any atom is 0.273 e. The highest BCUT2D eigenvalue weighted by atomic mass is 32.1. The second-order valence-corrected chi connectivity index (χ2v) is 9.08. The number of hydrogen-bond acceptors (Lipinski definition) is 5. The lowest BCUT2D eigenvalue weighted by molar-refractivity contribution is -0.120. The van der Waals surface area contributed by atoms with Gasteiger partial charge in [-0.1, -0.05) is 45.9 Å². The molecule has 0 spiro atoms. The highest BCUT2D eigenvalue weighted by molar-refractivity contribution is 7.07. The Morgan fingerprint density at radius 3 is 2.50 bits per heavy atom. The first-order valence-electron chi connectivity index (χ1n) is 9.75. The molecule has 6 heteroatoms. The Labute approximate surface area is 179 Å². The minimum Gasteiger partial charge on any atom is -0.462 e. The Balaban J connectivity index is 2.48. The van der Waals surface area contributed by atoms with Crippen molar-refractivity contribution in [3.05, 3.63) is 73.0 Å². The van der Waals surface area contributed by atoms with E-state index in [9.17, 15) is 14.9 Å². The molecule has 3 aromatic rings. The van der Waals surface area contributed by atoms with Crippen molar-refractivity contribution in [3.8, 4) is 11.8 Å². The fourth-order valence-electron chi connectivity index (χ4n) is 3.13. The summed E-state index contributed by atoms with van der Waals surface area (Å²) in [6.45, 7) is 9.13. The minimum atomic E-state index is -0.748. The number of carbonyl (C=O) groups excluding carboxylic acids is 1. The maximum absolute atomic E-state index is 13.4. The first kappa shape index (κ1) is 21.5. The zero-order valence-corrected chi connectivity index (χ0v) is 18.6. The van der Waals surface area contributed by atoms with Crippen LogP contribution < -0.4 is 14.8 Å². The van der Waals surface area contributed by atoms with Gasteiger partial charge in [-0.3, -0.25) is 14.2 Å². The molecule has 0 aliphatic carbocycles. The number of nitriles is 1. The molecule has 2 heterocycles. The normalized spacial score (nSPS) is 13.3. The topological polar surface area (TPSA) is 76.0 Å².